The van der Waals surface area contributed by atoms with Crippen LogP contribution in [-0.2, 0) is 0 Å². The summed E-state index contributed by atoms with van der Waals surface area (Å²) in [6.45, 7) is 0. The molecule has 1 aromatic carbocycles. The number of rotatable bonds is 6. The maximum atomic E-state index is 5.37. The Labute approximate surface area is 206 Å². The fraction of sp³-hybridized carbons (Fsp3) is 0. The lowest BCUT2D eigenvalue weighted by molar-refractivity contribution is 0.567. The van der Waals surface area contributed by atoms with Crippen LogP contribution in [0.1, 0.15) is 0 Å². The lowest BCUT2D eigenvalue weighted by Crippen LogP contribution is -2.03. The summed E-state index contributed by atoms with van der Waals surface area (Å²) in [5, 5.41) is 0. The van der Waals surface area contributed by atoms with E-state index in [1.54, 1.807) is 37.6 Å². The normalized spacial score (nSPS) is 11.3. The third-order valence-electron chi connectivity index (χ3n) is 6.42. The summed E-state index contributed by atoms with van der Waals surface area (Å²) in [4.78, 5) is 0. The summed E-state index contributed by atoms with van der Waals surface area (Å²) in [6, 6.07) is 24.9. The maximum absolute atomic E-state index is 5.37. The van der Waals surface area contributed by atoms with E-state index in [1.165, 1.54) is 0 Å². The molecule has 0 N–H and O–H groups in total. The average Bonchev–Trinajstić information content (AvgIpc) is 3.76. The van der Waals surface area contributed by atoms with Crippen LogP contribution >= 0.6 is 0 Å². The molecule has 0 unspecified atom stereocenters. The largest absolute Gasteiger partial charge is 0.472 e. The molecule has 6 nitrogen and oxygen atoms in total. The van der Waals surface area contributed by atoms with E-state index in [0.717, 1.165) is 50.8 Å². The van der Waals surface area contributed by atoms with E-state index in [-0.39, 0.29) is 0 Å². The van der Waals surface area contributed by atoms with E-state index in [4.69, 9.17) is 13.3 Å². The SMILES string of the molecule is c1cc(-c2ccoc2)n(-c2cc(-n3cccc3-c3ccoc3)cc(-n3cccc3-c3ccoc3)c2)c1. The van der Waals surface area contributed by atoms with Gasteiger partial charge >= 0.3 is 0 Å². The van der Waals surface area contributed by atoms with Crippen molar-refractivity contribution in [1.82, 2.24) is 13.7 Å². The number of furan rings is 3. The van der Waals surface area contributed by atoms with Gasteiger partial charge in [0.15, 0.2) is 0 Å². The van der Waals surface area contributed by atoms with Crippen molar-refractivity contribution in [3.8, 4) is 50.8 Å². The van der Waals surface area contributed by atoms with Gasteiger partial charge in [0.05, 0.1) is 54.7 Å². The van der Waals surface area contributed by atoms with Gasteiger partial charge in [0.2, 0.25) is 0 Å². The van der Waals surface area contributed by atoms with Gasteiger partial charge in [-0.05, 0) is 72.8 Å². The standard InChI is InChI=1S/C30H21N3O3/c1-4-28(22-7-13-34-19-22)31(10-1)25-16-26(32-11-2-5-29(32)23-8-14-35-20-23)18-27(17-25)33-12-3-6-30(33)24-9-15-36-21-24/h1-21H. The van der Waals surface area contributed by atoms with Crippen molar-refractivity contribution in [1.29, 1.82) is 0 Å². The monoisotopic (exact) mass is 471 g/mol. The van der Waals surface area contributed by atoms with Crippen LogP contribution in [-0.4, -0.2) is 13.7 Å². The molecule has 7 aromatic rings. The topological polar surface area (TPSA) is 54.2 Å². The molecule has 7 rings (SSSR count). The highest BCUT2D eigenvalue weighted by Crippen LogP contribution is 2.32. The van der Waals surface area contributed by atoms with Crippen LogP contribution < -0.4 is 0 Å². The number of nitrogens with zero attached hydrogens (tertiary/aromatic N) is 3. The van der Waals surface area contributed by atoms with Crippen LogP contribution in [0.25, 0.3) is 50.8 Å². The molecule has 6 aromatic heterocycles. The number of benzene rings is 1. The Balaban J connectivity index is 1.45. The Morgan fingerprint density at radius 1 is 0.417 bits per heavy atom. The number of hydrogen-bond donors (Lipinski definition) is 0. The van der Waals surface area contributed by atoms with E-state index in [0.29, 0.717) is 0 Å². The van der Waals surface area contributed by atoms with Crippen molar-refractivity contribution < 1.29 is 13.3 Å². The minimum Gasteiger partial charge on any atom is -0.472 e. The molecule has 0 saturated heterocycles. The minimum atomic E-state index is 1.02. The zero-order chi connectivity index (χ0) is 23.9. The summed E-state index contributed by atoms with van der Waals surface area (Å²) < 4.78 is 22.6. The van der Waals surface area contributed by atoms with Crippen molar-refractivity contribution in [2.45, 2.75) is 0 Å². The zero-order valence-corrected chi connectivity index (χ0v) is 19.2. The van der Waals surface area contributed by atoms with Crippen molar-refractivity contribution >= 4 is 0 Å². The van der Waals surface area contributed by atoms with Crippen molar-refractivity contribution in [3.63, 3.8) is 0 Å². The summed E-state index contributed by atoms with van der Waals surface area (Å²) in [6.07, 6.45) is 16.6. The van der Waals surface area contributed by atoms with E-state index < -0.39 is 0 Å². The molecule has 0 fully saturated rings. The molecule has 0 bridgehead atoms. The quantitative estimate of drug-likeness (QED) is 0.248. The molecular formula is C30H21N3O3. The Morgan fingerprint density at radius 2 is 0.750 bits per heavy atom. The third kappa shape index (κ3) is 3.35. The van der Waals surface area contributed by atoms with E-state index in [2.05, 4.69) is 68.7 Å². The lowest BCUT2D eigenvalue weighted by Gasteiger charge is -2.17. The second-order valence-electron chi connectivity index (χ2n) is 8.53. The second kappa shape index (κ2) is 8.29. The first-order valence-corrected chi connectivity index (χ1v) is 11.6. The maximum Gasteiger partial charge on any atom is 0.0996 e. The first-order valence-electron chi connectivity index (χ1n) is 11.6. The van der Waals surface area contributed by atoms with E-state index in [9.17, 15) is 0 Å². The molecule has 6 heteroatoms. The van der Waals surface area contributed by atoms with Crippen LogP contribution in [0.5, 0.6) is 0 Å². The van der Waals surface area contributed by atoms with Crippen LogP contribution in [0, 0.1) is 0 Å². The van der Waals surface area contributed by atoms with E-state index in [1.807, 2.05) is 36.4 Å². The highest BCUT2D eigenvalue weighted by molar-refractivity contribution is 5.68. The number of aromatic nitrogens is 3. The molecular weight excluding hydrogens is 450 g/mol. The van der Waals surface area contributed by atoms with Crippen LogP contribution in [0.15, 0.2) is 142 Å². The smallest absolute Gasteiger partial charge is 0.0996 e. The average molecular weight is 472 g/mol. The summed E-state index contributed by atoms with van der Waals surface area (Å²) >= 11 is 0. The highest BCUT2D eigenvalue weighted by atomic mass is 16.3. The highest BCUT2D eigenvalue weighted by Gasteiger charge is 2.15. The first kappa shape index (κ1) is 20.3. The molecule has 0 amide bonds. The predicted molar refractivity (Wildman–Crippen MR) is 138 cm³/mol. The van der Waals surface area contributed by atoms with Gasteiger partial charge < -0.3 is 27.0 Å². The molecule has 0 aliphatic heterocycles. The van der Waals surface area contributed by atoms with Gasteiger partial charge in [-0.1, -0.05) is 0 Å². The molecule has 0 aliphatic rings. The molecule has 0 spiro atoms. The van der Waals surface area contributed by atoms with Crippen molar-refractivity contribution in [2.24, 2.45) is 0 Å². The van der Waals surface area contributed by atoms with Crippen LogP contribution in [0.3, 0.4) is 0 Å². The molecule has 0 aliphatic carbocycles. The van der Waals surface area contributed by atoms with Crippen LogP contribution in [0.2, 0.25) is 0 Å². The van der Waals surface area contributed by atoms with Crippen LogP contribution in [0.4, 0.5) is 0 Å². The van der Waals surface area contributed by atoms with Gasteiger partial charge in [-0.25, -0.2) is 0 Å². The minimum absolute atomic E-state index is 1.02. The summed E-state index contributed by atoms with van der Waals surface area (Å²) in [5.74, 6) is 0. The van der Waals surface area contributed by atoms with Crippen molar-refractivity contribution in [2.75, 3.05) is 0 Å². The van der Waals surface area contributed by atoms with Gasteiger partial charge in [0.1, 0.15) is 0 Å². The fourth-order valence-corrected chi connectivity index (χ4v) is 4.75. The Hall–Kier alpha value is -5.10. The van der Waals surface area contributed by atoms with Gasteiger partial charge in [-0.15, -0.1) is 0 Å². The van der Waals surface area contributed by atoms with Gasteiger partial charge in [0, 0.05) is 52.3 Å². The summed E-state index contributed by atoms with van der Waals surface area (Å²) in [7, 11) is 0. The molecule has 174 valence electrons. The molecule has 0 saturated carbocycles. The lowest BCUT2D eigenvalue weighted by atomic mass is 10.1. The Morgan fingerprint density at radius 3 is 1.03 bits per heavy atom. The zero-order valence-electron chi connectivity index (χ0n) is 19.2. The fourth-order valence-electron chi connectivity index (χ4n) is 4.75. The molecule has 0 atom stereocenters. The van der Waals surface area contributed by atoms with E-state index >= 15 is 0 Å². The summed E-state index contributed by atoms with van der Waals surface area (Å²) in [5.41, 5.74) is 9.31. The van der Waals surface area contributed by atoms with Crippen molar-refractivity contribution in [3.05, 3.63) is 129 Å². The third-order valence-corrected chi connectivity index (χ3v) is 6.42. The van der Waals surface area contributed by atoms with Gasteiger partial charge in [-0.3, -0.25) is 0 Å². The molecule has 36 heavy (non-hydrogen) atoms. The molecule has 6 heterocycles. The van der Waals surface area contributed by atoms with Gasteiger partial charge in [-0.2, -0.15) is 0 Å². The molecule has 0 radical (unpaired) electrons. The predicted octanol–water partition coefficient (Wildman–Crippen LogP) is 7.84. The van der Waals surface area contributed by atoms with Gasteiger partial charge in [0.25, 0.3) is 0 Å². The number of hydrogen-bond acceptors (Lipinski definition) is 3. The Bertz CT molecular complexity index is 1510. The second-order valence-corrected chi connectivity index (χ2v) is 8.53. The Kier molecular flexibility index (Phi) is 4.67. The first-order chi connectivity index (χ1) is 17.8.